The maximum atomic E-state index is 5.23. The summed E-state index contributed by atoms with van der Waals surface area (Å²) >= 11 is 0. The number of hydrogen-bond acceptors (Lipinski definition) is 2. The Balaban J connectivity index is 1.09. The molecule has 0 fully saturated rings. The Morgan fingerprint density at radius 1 is 0.340 bits per heavy atom. The van der Waals surface area contributed by atoms with E-state index in [1.807, 2.05) is 18.2 Å². The molecule has 0 radical (unpaired) electrons. The monoisotopic (exact) mass is 676 g/mol. The largest absolute Gasteiger partial charge is 0.228 e. The highest BCUT2D eigenvalue weighted by molar-refractivity contribution is 6.05. The van der Waals surface area contributed by atoms with Crippen LogP contribution in [0.4, 0.5) is 0 Å². The summed E-state index contributed by atoms with van der Waals surface area (Å²) in [6, 6.07) is 65.4. The first-order chi connectivity index (χ1) is 26.0. The molecule has 0 N–H and O–H groups in total. The fraction of sp³-hybridized carbons (Fsp3) is 0.0588. The molecule has 0 bridgehead atoms. The molecule has 0 unspecified atom stereocenters. The Morgan fingerprint density at radius 2 is 0.887 bits per heavy atom. The van der Waals surface area contributed by atoms with Crippen LogP contribution in [0.5, 0.6) is 0 Å². The van der Waals surface area contributed by atoms with Crippen LogP contribution in [0.3, 0.4) is 0 Å². The zero-order valence-electron chi connectivity index (χ0n) is 29.7. The second kappa shape index (κ2) is 12.3. The lowest BCUT2D eigenvalue weighted by molar-refractivity contribution is 0.660. The van der Waals surface area contributed by atoms with Gasteiger partial charge in [-0.15, -0.1) is 0 Å². The molecule has 0 aliphatic heterocycles. The van der Waals surface area contributed by atoms with E-state index >= 15 is 0 Å². The molecule has 1 aromatic heterocycles. The third-order valence-corrected chi connectivity index (χ3v) is 11.1. The summed E-state index contributed by atoms with van der Waals surface area (Å²) in [5.41, 5.74) is 15.2. The van der Waals surface area contributed by atoms with Gasteiger partial charge in [-0.25, -0.2) is 9.97 Å². The lowest BCUT2D eigenvalue weighted by Gasteiger charge is -2.22. The number of benzene rings is 8. The van der Waals surface area contributed by atoms with Crippen molar-refractivity contribution >= 4 is 21.5 Å². The normalized spacial score (nSPS) is 12.9. The van der Waals surface area contributed by atoms with Crippen molar-refractivity contribution in [2.24, 2.45) is 0 Å². The molecule has 10 rings (SSSR count). The van der Waals surface area contributed by atoms with Gasteiger partial charge in [-0.2, -0.15) is 0 Å². The Bertz CT molecular complexity index is 2840. The van der Waals surface area contributed by atoms with Crippen LogP contribution in [0, 0.1) is 0 Å². The fourth-order valence-corrected chi connectivity index (χ4v) is 8.39. The maximum absolute atomic E-state index is 5.23. The van der Waals surface area contributed by atoms with Gasteiger partial charge >= 0.3 is 0 Å². The first-order valence-electron chi connectivity index (χ1n) is 18.3. The quantitative estimate of drug-likeness (QED) is 0.181. The third-order valence-electron chi connectivity index (χ3n) is 11.1. The number of fused-ring (bicyclic) bond motifs is 5. The molecule has 1 aliphatic rings. The van der Waals surface area contributed by atoms with Gasteiger partial charge in [0.25, 0.3) is 0 Å². The molecule has 1 aliphatic carbocycles. The molecule has 9 aromatic rings. The lowest BCUT2D eigenvalue weighted by atomic mass is 9.81. The van der Waals surface area contributed by atoms with Crippen molar-refractivity contribution in [3.63, 3.8) is 0 Å². The minimum Gasteiger partial charge on any atom is -0.228 e. The van der Waals surface area contributed by atoms with Crippen LogP contribution in [0.15, 0.2) is 182 Å². The summed E-state index contributed by atoms with van der Waals surface area (Å²) in [4.78, 5) is 10.4. The van der Waals surface area contributed by atoms with Gasteiger partial charge in [0.15, 0.2) is 5.82 Å². The van der Waals surface area contributed by atoms with Crippen LogP contribution in [-0.4, -0.2) is 9.97 Å². The van der Waals surface area contributed by atoms with E-state index in [9.17, 15) is 0 Å². The molecular weight excluding hydrogens is 641 g/mol. The molecule has 0 saturated carbocycles. The summed E-state index contributed by atoms with van der Waals surface area (Å²) in [5, 5.41) is 4.87. The molecule has 53 heavy (non-hydrogen) atoms. The smallest absolute Gasteiger partial charge is 0.160 e. The van der Waals surface area contributed by atoms with Gasteiger partial charge < -0.3 is 0 Å². The van der Waals surface area contributed by atoms with E-state index in [0.29, 0.717) is 5.82 Å². The van der Waals surface area contributed by atoms with Gasteiger partial charge in [-0.3, -0.25) is 0 Å². The summed E-state index contributed by atoms with van der Waals surface area (Å²) in [6.45, 7) is 4.69. The van der Waals surface area contributed by atoms with E-state index in [1.165, 1.54) is 66.1 Å². The minimum atomic E-state index is -0.0596. The van der Waals surface area contributed by atoms with Gasteiger partial charge in [0.05, 0.1) is 11.4 Å². The Kier molecular flexibility index (Phi) is 7.19. The van der Waals surface area contributed by atoms with Gasteiger partial charge in [0.1, 0.15) is 0 Å². The van der Waals surface area contributed by atoms with Crippen molar-refractivity contribution in [1.82, 2.24) is 9.97 Å². The number of nitrogens with zero attached hydrogens (tertiary/aromatic N) is 2. The summed E-state index contributed by atoms with van der Waals surface area (Å²) in [7, 11) is 0. The summed E-state index contributed by atoms with van der Waals surface area (Å²) in [5.74, 6) is 0.713. The summed E-state index contributed by atoms with van der Waals surface area (Å²) in [6.07, 6.45) is 0. The molecular formula is C51H36N2. The van der Waals surface area contributed by atoms with Crippen LogP contribution < -0.4 is 0 Å². The number of aromatic nitrogens is 2. The van der Waals surface area contributed by atoms with Crippen molar-refractivity contribution in [1.29, 1.82) is 0 Å². The van der Waals surface area contributed by atoms with E-state index in [2.05, 4.69) is 178 Å². The van der Waals surface area contributed by atoms with E-state index in [0.717, 1.165) is 28.1 Å². The highest BCUT2D eigenvalue weighted by Crippen LogP contribution is 2.50. The topological polar surface area (TPSA) is 25.8 Å². The highest BCUT2D eigenvalue weighted by atomic mass is 14.9. The first-order valence-corrected chi connectivity index (χ1v) is 18.3. The van der Waals surface area contributed by atoms with Gasteiger partial charge in [0.2, 0.25) is 0 Å². The van der Waals surface area contributed by atoms with E-state index in [-0.39, 0.29) is 5.41 Å². The number of rotatable bonds is 5. The zero-order valence-corrected chi connectivity index (χ0v) is 29.7. The van der Waals surface area contributed by atoms with Crippen LogP contribution in [-0.2, 0) is 5.41 Å². The average molecular weight is 677 g/mol. The van der Waals surface area contributed by atoms with Crippen LogP contribution >= 0.6 is 0 Å². The molecule has 0 amide bonds. The van der Waals surface area contributed by atoms with Crippen molar-refractivity contribution in [3.8, 4) is 67.3 Å². The first kappa shape index (κ1) is 31.1. The lowest BCUT2D eigenvalue weighted by Crippen LogP contribution is -2.14. The minimum absolute atomic E-state index is 0.0596. The van der Waals surface area contributed by atoms with Gasteiger partial charge in [-0.05, 0) is 78.2 Å². The molecule has 2 heteroatoms. The average Bonchev–Trinajstić information content (AvgIpc) is 3.45. The third kappa shape index (κ3) is 5.18. The molecule has 1 heterocycles. The van der Waals surface area contributed by atoms with E-state index < -0.39 is 0 Å². The van der Waals surface area contributed by atoms with Crippen molar-refractivity contribution < 1.29 is 0 Å². The van der Waals surface area contributed by atoms with E-state index in [4.69, 9.17) is 9.97 Å². The molecule has 0 saturated heterocycles. The second-order valence-corrected chi connectivity index (χ2v) is 14.6. The van der Waals surface area contributed by atoms with E-state index in [1.54, 1.807) is 0 Å². The molecule has 250 valence electrons. The highest BCUT2D eigenvalue weighted by Gasteiger charge is 2.35. The maximum Gasteiger partial charge on any atom is 0.160 e. The molecule has 2 nitrogen and oxygen atoms in total. The van der Waals surface area contributed by atoms with Crippen LogP contribution in [0.1, 0.15) is 25.0 Å². The second-order valence-electron chi connectivity index (χ2n) is 14.6. The van der Waals surface area contributed by atoms with Crippen molar-refractivity contribution in [3.05, 3.63) is 193 Å². The Hall–Kier alpha value is -6.64. The van der Waals surface area contributed by atoms with Gasteiger partial charge in [-0.1, -0.05) is 184 Å². The fourth-order valence-electron chi connectivity index (χ4n) is 8.39. The molecule has 0 spiro atoms. The molecule has 0 atom stereocenters. The standard InChI is InChI=1S/C51H36N2/c1-51(2)46-22-11-10-20-43(46)44-28-27-37(31-47(44)51)40-29-30-45(42-19-9-8-18-41(40)42)49-32-48(52-50(53-49)36-14-4-3-5-15-36)35-25-23-34(24-26-35)39-21-12-16-33-13-6-7-17-38(33)39/h3-32H,1-2H3. The van der Waals surface area contributed by atoms with Crippen LogP contribution in [0.25, 0.3) is 88.8 Å². The van der Waals surface area contributed by atoms with Crippen molar-refractivity contribution in [2.75, 3.05) is 0 Å². The van der Waals surface area contributed by atoms with Crippen molar-refractivity contribution in [2.45, 2.75) is 19.3 Å². The Morgan fingerprint density at radius 3 is 1.72 bits per heavy atom. The van der Waals surface area contributed by atoms with Gasteiger partial charge in [0, 0.05) is 22.1 Å². The number of hydrogen-bond donors (Lipinski definition) is 0. The molecule has 8 aromatic carbocycles. The summed E-state index contributed by atoms with van der Waals surface area (Å²) < 4.78 is 0. The Labute approximate surface area is 310 Å². The predicted octanol–water partition coefficient (Wildman–Crippen LogP) is 13.4. The zero-order chi connectivity index (χ0) is 35.5. The predicted molar refractivity (Wildman–Crippen MR) is 222 cm³/mol. The van der Waals surface area contributed by atoms with Crippen LogP contribution in [0.2, 0.25) is 0 Å². The SMILES string of the molecule is CC1(C)c2ccccc2-c2ccc(-c3ccc(-c4cc(-c5ccc(-c6cccc7ccccc67)cc5)nc(-c5ccccc5)n4)c4ccccc34)cc21.